The molecule has 0 saturated heterocycles. The highest BCUT2D eigenvalue weighted by atomic mass is 32.2. The summed E-state index contributed by atoms with van der Waals surface area (Å²) < 4.78 is 38.1. The van der Waals surface area contributed by atoms with E-state index >= 15 is 0 Å². The number of nitrogens with one attached hydrogen (secondary N) is 1. The number of nitrogens with zero attached hydrogens (tertiary/aromatic N) is 2. The number of hydrogen-bond acceptors (Lipinski definition) is 6. The fraction of sp³-hybridized carbons (Fsp3) is 0.394. The minimum atomic E-state index is -3.95. The van der Waals surface area contributed by atoms with Crippen LogP contribution in [0.2, 0.25) is 0 Å². The van der Waals surface area contributed by atoms with Crippen LogP contribution in [0.5, 0.6) is 11.5 Å². The lowest BCUT2D eigenvalue weighted by Gasteiger charge is -2.35. The molecule has 2 amide bonds. The van der Waals surface area contributed by atoms with Crippen molar-refractivity contribution in [1.82, 2.24) is 10.2 Å². The number of anilines is 1. The van der Waals surface area contributed by atoms with Crippen molar-refractivity contribution in [3.63, 3.8) is 0 Å². The summed E-state index contributed by atoms with van der Waals surface area (Å²) in [5.41, 5.74) is 1.89. The smallest absolute Gasteiger partial charge is 0.244 e. The fourth-order valence-electron chi connectivity index (χ4n) is 5.46. The number of rotatable bonds is 13. The van der Waals surface area contributed by atoms with Crippen molar-refractivity contribution in [2.75, 3.05) is 31.3 Å². The molecule has 0 aliphatic heterocycles. The molecule has 0 bridgehead atoms. The van der Waals surface area contributed by atoms with Gasteiger partial charge in [0.1, 0.15) is 24.1 Å². The van der Waals surface area contributed by atoms with Crippen molar-refractivity contribution in [3.05, 3.63) is 90.0 Å². The maximum atomic E-state index is 14.3. The first-order valence-electron chi connectivity index (χ1n) is 14.6. The van der Waals surface area contributed by atoms with E-state index in [0.717, 1.165) is 53.8 Å². The van der Waals surface area contributed by atoms with Crippen LogP contribution in [0.1, 0.15) is 43.2 Å². The molecule has 1 saturated carbocycles. The summed E-state index contributed by atoms with van der Waals surface area (Å²) in [6, 6.07) is 22.9. The molecular formula is C33H41N3O6S. The molecule has 3 aromatic carbocycles. The summed E-state index contributed by atoms with van der Waals surface area (Å²) in [7, 11) is -1.05. The van der Waals surface area contributed by atoms with Crippen molar-refractivity contribution >= 4 is 27.5 Å². The van der Waals surface area contributed by atoms with Gasteiger partial charge in [0.2, 0.25) is 21.8 Å². The average Bonchev–Trinajstić information content (AvgIpc) is 3.02. The zero-order valence-electron chi connectivity index (χ0n) is 25.1. The molecule has 0 radical (unpaired) electrons. The molecule has 4 rings (SSSR count). The van der Waals surface area contributed by atoms with Crippen molar-refractivity contribution in [3.8, 4) is 11.5 Å². The summed E-state index contributed by atoms with van der Waals surface area (Å²) in [4.78, 5) is 29.8. The van der Waals surface area contributed by atoms with Crippen LogP contribution in [0.25, 0.3) is 0 Å². The number of amides is 2. The second-order valence-electron chi connectivity index (χ2n) is 10.9. The van der Waals surface area contributed by atoms with Gasteiger partial charge in [0.25, 0.3) is 0 Å². The number of ether oxygens (including phenoxy) is 2. The van der Waals surface area contributed by atoms with Gasteiger partial charge in [-0.05, 0) is 36.1 Å². The van der Waals surface area contributed by atoms with Crippen LogP contribution in [0.4, 0.5) is 5.69 Å². The maximum absolute atomic E-state index is 14.3. The molecule has 230 valence electrons. The Morgan fingerprint density at radius 3 is 2.09 bits per heavy atom. The monoisotopic (exact) mass is 607 g/mol. The van der Waals surface area contributed by atoms with Crippen LogP contribution in [0.3, 0.4) is 0 Å². The highest BCUT2D eigenvalue weighted by Crippen LogP contribution is 2.34. The average molecular weight is 608 g/mol. The van der Waals surface area contributed by atoms with E-state index in [4.69, 9.17) is 9.47 Å². The van der Waals surface area contributed by atoms with Gasteiger partial charge in [0.15, 0.2) is 0 Å². The molecule has 0 aromatic heterocycles. The zero-order chi connectivity index (χ0) is 30.8. The fourth-order valence-corrected chi connectivity index (χ4v) is 6.31. The van der Waals surface area contributed by atoms with Gasteiger partial charge in [-0.3, -0.25) is 13.9 Å². The molecule has 1 fully saturated rings. The summed E-state index contributed by atoms with van der Waals surface area (Å²) in [5, 5.41) is 3.21. The van der Waals surface area contributed by atoms with Crippen molar-refractivity contribution in [2.45, 2.75) is 57.2 Å². The van der Waals surface area contributed by atoms with Crippen molar-refractivity contribution < 1.29 is 27.5 Å². The van der Waals surface area contributed by atoms with Crippen molar-refractivity contribution in [1.29, 1.82) is 0 Å². The number of benzene rings is 3. The largest absolute Gasteiger partial charge is 0.497 e. The van der Waals surface area contributed by atoms with Gasteiger partial charge in [0.05, 0.1) is 26.2 Å². The van der Waals surface area contributed by atoms with Crippen molar-refractivity contribution in [2.24, 2.45) is 0 Å². The Labute approximate surface area is 254 Å². The molecule has 10 heteroatoms. The van der Waals surface area contributed by atoms with Gasteiger partial charge in [-0.2, -0.15) is 0 Å². The third-order valence-corrected chi connectivity index (χ3v) is 8.88. The molecule has 1 N–H and O–H groups in total. The number of sulfonamides is 1. The Morgan fingerprint density at radius 1 is 0.884 bits per heavy atom. The Hall–Kier alpha value is -4.05. The third kappa shape index (κ3) is 8.73. The Morgan fingerprint density at radius 2 is 1.51 bits per heavy atom. The minimum Gasteiger partial charge on any atom is -0.497 e. The summed E-state index contributed by atoms with van der Waals surface area (Å²) in [6.45, 7) is -0.403. The number of methoxy groups -OCH3 is 2. The predicted octanol–water partition coefficient (Wildman–Crippen LogP) is 4.56. The van der Waals surface area contributed by atoms with Crippen LogP contribution in [0.15, 0.2) is 78.9 Å². The molecular weight excluding hydrogens is 566 g/mol. The highest BCUT2D eigenvalue weighted by Gasteiger charge is 2.34. The highest BCUT2D eigenvalue weighted by molar-refractivity contribution is 7.92. The molecule has 3 aromatic rings. The molecule has 1 atom stereocenters. The van der Waals surface area contributed by atoms with E-state index in [0.29, 0.717) is 5.75 Å². The molecule has 1 unspecified atom stereocenters. The van der Waals surface area contributed by atoms with Crippen LogP contribution in [0, 0.1) is 0 Å². The van der Waals surface area contributed by atoms with E-state index < -0.39 is 28.5 Å². The molecule has 1 aliphatic rings. The topological polar surface area (TPSA) is 105 Å². The van der Waals surface area contributed by atoms with E-state index in [-0.39, 0.29) is 36.4 Å². The lowest BCUT2D eigenvalue weighted by atomic mass is 9.94. The van der Waals surface area contributed by atoms with E-state index in [2.05, 4.69) is 5.32 Å². The first-order valence-corrected chi connectivity index (χ1v) is 16.4. The van der Waals surface area contributed by atoms with E-state index in [1.54, 1.807) is 12.1 Å². The lowest BCUT2D eigenvalue weighted by molar-refractivity contribution is -0.140. The molecule has 9 nitrogen and oxygen atoms in total. The Kier molecular flexibility index (Phi) is 11.1. The number of carbonyl (C=O) groups is 2. The molecule has 0 spiro atoms. The lowest BCUT2D eigenvalue weighted by Crippen LogP contribution is -2.55. The van der Waals surface area contributed by atoms with Gasteiger partial charge in [-0.1, -0.05) is 79.9 Å². The Balaban J connectivity index is 1.74. The molecule has 1 aliphatic carbocycles. The van der Waals surface area contributed by atoms with E-state index in [1.165, 1.54) is 25.2 Å². The number of hydrogen-bond donors (Lipinski definition) is 1. The van der Waals surface area contributed by atoms with Gasteiger partial charge < -0.3 is 19.7 Å². The van der Waals surface area contributed by atoms with Gasteiger partial charge in [0, 0.05) is 25.1 Å². The zero-order valence-corrected chi connectivity index (χ0v) is 25.9. The van der Waals surface area contributed by atoms with E-state index in [9.17, 15) is 18.0 Å². The normalized spacial score (nSPS) is 14.4. The summed E-state index contributed by atoms with van der Waals surface area (Å²) in [6.07, 6.45) is 6.35. The standard InChI is InChI=1S/C33H41N3O6S/c1-41-28-19-20-31(42-2)29(22-28)36(43(3,39)40)24-32(37)35(23-26-15-9-5-10-16-26)30(21-25-13-7-4-8-14-25)33(38)34-27-17-11-6-12-18-27/h4-5,7-10,13-16,19-20,22,27,30H,6,11-12,17-18,21,23-24H2,1-3H3,(H,34,38). The molecule has 43 heavy (non-hydrogen) atoms. The van der Waals surface area contributed by atoms with Crippen LogP contribution in [-0.4, -0.2) is 64.2 Å². The molecule has 0 heterocycles. The van der Waals surface area contributed by atoms with E-state index in [1.807, 2.05) is 60.7 Å². The minimum absolute atomic E-state index is 0.0433. The number of carbonyl (C=O) groups excluding carboxylic acids is 2. The second kappa shape index (κ2) is 14.9. The third-order valence-electron chi connectivity index (χ3n) is 7.75. The van der Waals surface area contributed by atoms with Crippen LogP contribution >= 0.6 is 0 Å². The van der Waals surface area contributed by atoms with Gasteiger partial charge in [-0.25, -0.2) is 8.42 Å². The quantitative estimate of drug-likeness (QED) is 0.306. The maximum Gasteiger partial charge on any atom is 0.244 e. The second-order valence-corrected chi connectivity index (χ2v) is 12.8. The predicted molar refractivity (Wildman–Crippen MR) is 168 cm³/mol. The summed E-state index contributed by atoms with van der Waals surface area (Å²) >= 11 is 0. The first kappa shape index (κ1) is 31.9. The Bertz CT molecular complexity index is 1460. The summed E-state index contributed by atoms with van der Waals surface area (Å²) in [5.74, 6) is -0.0832. The SMILES string of the molecule is COc1ccc(OC)c(N(CC(=O)N(Cc2ccccc2)C(Cc2ccccc2)C(=O)NC2CCCCC2)S(C)(=O)=O)c1. The first-order chi connectivity index (χ1) is 20.7. The van der Waals surface area contributed by atoms with Crippen LogP contribution < -0.4 is 19.1 Å². The van der Waals surface area contributed by atoms with Gasteiger partial charge >= 0.3 is 0 Å². The van der Waals surface area contributed by atoms with Gasteiger partial charge in [-0.15, -0.1) is 0 Å². The van der Waals surface area contributed by atoms with Crippen LogP contribution in [-0.2, 0) is 32.6 Å².